The van der Waals surface area contributed by atoms with Crippen LogP contribution in [-0.2, 0) is 25.7 Å². The van der Waals surface area contributed by atoms with Crippen LogP contribution in [0.1, 0.15) is 179 Å². The molecule has 0 unspecified atom stereocenters. The van der Waals surface area contributed by atoms with Gasteiger partial charge >= 0.3 is 44.7 Å². The third-order valence-electron chi connectivity index (χ3n) is 11.1. The quantitative estimate of drug-likeness (QED) is 0.141. The van der Waals surface area contributed by atoms with E-state index >= 15 is 0 Å². The molecule has 0 saturated carbocycles. The van der Waals surface area contributed by atoms with Gasteiger partial charge in [0.25, 0.3) is 0 Å². The van der Waals surface area contributed by atoms with E-state index in [2.05, 4.69) is 181 Å². The second kappa shape index (κ2) is 21.9. The Hall–Kier alpha value is -1.90. The van der Waals surface area contributed by atoms with Crippen LogP contribution in [-0.4, -0.2) is 27.4 Å². The topological polar surface area (TPSA) is 55.9 Å². The van der Waals surface area contributed by atoms with Gasteiger partial charge in [-0.15, -0.1) is 11.4 Å². The van der Waals surface area contributed by atoms with Crippen LogP contribution in [0.25, 0.3) is 10.6 Å². The number of hydrogen-bond donors (Lipinski definition) is 0. The Morgan fingerprint density at radius 3 is 1.10 bits per heavy atom. The molecule has 0 spiro atoms. The van der Waals surface area contributed by atoms with Crippen molar-refractivity contribution in [3.05, 3.63) is 116 Å². The molecule has 1 aliphatic rings. The molecule has 0 N–H and O–H groups in total. The zero-order valence-electron chi connectivity index (χ0n) is 39.4. The summed E-state index contributed by atoms with van der Waals surface area (Å²) in [5.74, 6) is 13.0. The molecular weight excluding hydrogens is 992 g/mol. The number of methoxy groups -OCH3 is 2. The molecule has 1 heterocycles. The summed E-state index contributed by atoms with van der Waals surface area (Å²) in [5.41, 5.74) is 13.3. The van der Waals surface area contributed by atoms with E-state index < -0.39 is 32.8 Å². The van der Waals surface area contributed by atoms with Gasteiger partial charge in [0.1, 0.15) is 11.5 Å². The number of hydrogen-bond acceptors (Lipinski definition) is 3. The molecule has 324 valence electrons. The third kappa shape index (κ3) is 12.8. The van der Waals surface area contributed by atoms with E-state index in [0.29, 0.717) is 36.9 Å². The zero-order chi connectivity index (χ0) is 44.6. The summed E-state index contributed by atoms with van der Waals surface area (Å²) < 4.78 is 16.6. The van der Waals surface area contributed by atoms with Crippen molar-refractivity contribution in [1.29, 1.82) is 0 Å². The predicted octanol–water partition coefficient (Wildman–Crippen LogP) is 17.5. The Labute approximate surface area is 383 Å². The average Bonchev–Trinajstić information content (AvgIpc) is 3.14. The van der Waals surface area contributed by atoms with Crippen molar-refractivity contribution in [1.82, 2.24) is 0 Å². The van der Waals surface area contributed by atoms with Gasteiger partial charge in [-0.2, -0.15) is 0 Å². The monoisotopic (exact) mass is 1060 g/mol. The summed E-state index contributed by atoms with van der Waals surface area (Å²) in [5, 5.41) is 11.2. The molecule has 4 aromatic rings. The van der Waals surface area contributed by atoms with Gasteiger partial charge in [-0.05, 0) is 45.6 Å². The van der Waals surface area contributed by atoms with Crippen LogP contribution >= 0.6 is 11.9 Å². The standard InChI is InChI=1S/C47H62N2O.C4H10O2.2ClH.Th/c1-27(2)33-19-17-20-34(28(3)4)41(33)48-39-25-31(45(9,10)11)23-37-43(39)50-44-38(47(37,15)16)24-32(46(12,13)14)26-40(44)49-42-35(29(5)6)21-18-22-36(42)30(7)8;1-5-3-4-6-2;;;/h17-30H,1-16H3;3-4H2,1-2H3;2*1H;/q-2;;;;+2/p-2. The Balaban J connectivity index is 0.000000935. The Kier molecular flexibility index (Phi) is 19.1. The first kappa shape index (κ1) is 51.5. The van der Waals surface area contributed by atoms with E-state index in [0.717, 1.165) is 34.2 Å². The molecule has 0 bridgehead atoms. The number of benzene rings is 4. The van der Waals surface area contributed by atoms with Crippen molar-refractivity contribution in [2.75, 3.05) is 27.4 Å². The first-order valence-electron chi connectivity index (χ1n) is 21.1. The van der Waals surface area contributed by atoms with Gasteiger partial charge in [0.05, 0.1) is 13.2 Å². The van der Waals surface area contributed by atoms with Crippen LogP contribution in [0.2, 0.25) is 0 Å². The normalized spacial score (nSPS) is 13.2. The molecule has 0 radical (unpaired) electrons. The second-order valence-corrected chi connectivity index (χ2v) is 25.3. The minimum absolute atomic E-state index is 0.0738. The molecule has 0 amide bonds. The molecule has 4 aromatic carbocycles. The van der Waals surface area contributed by atoms with Gasteiger partial charge in [-0.3, -0.25) is 0 Å². The minimum atomic E-state index is -1.06. The molecule has 5 nitrogen and oxygen atoms in total. The maximum atomic E-state index is 7.27. The van der Waals surface area contributed by atoms with Crippen molar-refractivity contribution < 1.29 is 47.0 Å². The molecule has 0 aromatic heterocycles. The fourth-order valence-corrected chi connectivity index (χ4v) is 7.34. The van der Waals surface area contributed by atoms with Crippen molar-refractivity contribution in [3.63, 3.8) is 0 Å². The second-order valence-electron chi connectivity index (χ2n) is 19.4. The average molecular weight is 1060 g/mol. The number of rotatable bonds is 11. The summed E-state index contributed by atoms with van der Waals surface area (Å²) in [6.45, 7) is 37.9. The molecule has 0 atom stereocenters. The number of halogens is 2. The van der Waals surface area contributed by atoms with Gasteiger partial charge in [-0.25, -0.2) is 0 Å². The summed E-state index contributed by atoms with van der Waals surface area (Å²) in [6, 6.07) is 22.6. The summed E-state index contributed by atoms with van der Waals surface area (Å²) in [4.78, 5) is 0. The van der Waals surface area contributed by atoms with Crippen molar-refractivity contribution in [2.45, 2.75) is 151 Å². The Morgan fingerprint density at radius 2 is 0.864 bits per heavy atom. The van der Waals surface area contributed by atoms with Gasteiger partial charge in [0.15, 0.2) is 0 Å². The molecule has 59 heavy (non-hydrogen) atoms. The van der Waals surface area contributed by atoms with E-state index in [1.165, 1.54) is 44.5 Å². The first-order valence-corrected chi connectivity index (χ1v) is 31.2. The number of ether oxygens (including phenoxy) is 3. The van der Waals surface area contributed by atoms with E-state index in [1.807, 2.05) is 0 Å². The number of fused-ring (bicyclic) bond motifs is 2. The van der Waals surface area contributed by atoms with Crippen LogP contribution in [0, 0.1) is 32.8 Å². The predicted molar refractivity (Wildman–Crippen MR) is 253 cm³/mol. The Morgan fingerprint density at radius 1 is 0.576 bits per heavy atom. The van der Waals surface area contributed by atoms with Gasteiger partial charge in [0, 0.05) is 30.8 Å². The van der Waals surface area contributed by atoms with E-state index in [-0.39, 0.29) is 16.2 Å². The van der Waals surface area contributed by atoms with Crippen LogP contribution < -0.4 is 4.74 Å². The summed E-state index contributed by atoms with van der Waals surface area (Å²) >= 11 is -1.06. The first-order chi connectivity index (χ1) is 27.5. The molecule has 8 heteroatoms. The van der Waals surface area contributed by atoms with Crippen LogP contribution in [0.3, 0.4) is 0 Å². The maximum absolute atomic E-state index is 7.27. The molecule has 0 fully saturated rings. The van der Waals surface area contributed by atoms with Gasteiger partial charge in [0.2, 0.25) is 0 Å². The SMILES string of the molecule is CC(C)c1cccc(C(C)C)c1[N-]c1cc(C(C)(C)C)cc2c1Oc1c([N-]c3c(C(C)C)cccc3C(C)C)cc(C(C)(C)C)cc1C2(C)C.COCCOC.[Cl][Th][Cl]. The van der Waals surface area contributed by atoms with Gasteiger partial charge in [-0.1, -0.05) is 205 Å². The fraction of sp³-hybridized carbons (Fsp3) is 0.529. The van der Waals surface area contributed by atoms with E-state index in [9.17, 15) is 0 Å². The zero-order valence-corrected chi connectivity index (χ0v) is 45.0. The molecule has 0 aliphatic carbocycles. The van der Waals surface area contributed by atoms with Crippen LogP contribution in [0.4, 0.5) is 22.7 Å². The molecule has 0 saturated heterocycles. The number of para-hydroxylation sites is 2. The molecule has 1 aliphatic heterocycles. The fourth-order valence-electron chi connectivity index (χ4n) is 7.34. The van der Waals surface area contributed by atoms with Gasteiger partial charge < -0.3 is 24.8 Å². The van der Waals surface area contributed by atoms with Crippen molar-refractivity contribution >= 4 is 34.7 Å². The van der Waals surface area contributed by atoms with Crippen molar-refractivity contribution in [3.8, 4) is 11.5 Å². The van der Waals surface area contributed by atoms with Crippen LogP contribution in [0.5, 0.6) is 11.5 Å². The molecular formula is C51H72Cl2N2O3Th-2. The third-order valence-corrected chi connectivity index (χ3v) is 11.1. The number of nitrogens with zero attached hydrogens (tertiary/aromatic N) is 2. The van der Waals surface area contributed by atoms with Crippen molar-refractivity contribution in [2.24, 2.45) is 0 Å². The van der Waals surface area contributed by atoms with Crippen LogP contribution in [0.15, 0.2) is 60.7 Å². The summed E-state index contributed by atoms with van der Waals surface area (Å²) in [7, 11) is 3.30. The summed E-state index contributed by atoms with van der Waals surface area (Å²) in [6.07, 6.45) is 0. The Bertz CT molecular complexity index is 1800. The van der Waals surface area contributed by atoms with E-state index in [4.69, 9.17) is 27.3 Å². The van der Waals surface area contributed by atoms with E-state index in [1.54, 1.807) is 14.2 Å². The molecule has 5 rings (SSSR count).